The number of amides is 2. The van der Waals surface area contributed by atoms with Crippen LogP contribution in [0.15, 0.2) is 48.5 Å². The summed E-state index contributed by atoms with van der Waals surface area (Å²) in [6.07, 6.45) is -10.7. The number of rotatable bonds is 3. The van der Waals surface area contributed by atoms with E-state index in [1.165, 1.54) is 9.80 Å². The predicted molar refractivity (Wildman–Crippen MR) is 121 cm³/mol. The highest BCUT2D eigenvalue weighted by Gasteiger charge is 2.40. The topological polar surface area (TPSA) is 64.1 Å². The van der Waals surface area contributed by atoms with E-state index in [2.05, 4.69) is 4.90 Å². The standard InChI is InChI=1S/C25H25F6N3O3/c26-24(27,28)18-12-17(13-19(14-18)25(29,30)31)22(35)34-7-6-21(20(15-34)16-4-2-1-3-5-16)32-8-10-33(11-9-32)23(36)37/h1-5,12-14,20-21H,6-11,15H2,(H,36,37)/t20-,21-/m0/s1. The largest absolute Gasteiger partial charge is 0.465 e. The lowest BCUT2D eigenvalue weighted by Gasteiger charge is -2.46. The molecule has 200 valence electrons. The average molecular weight is 529 g/mol. The predicted octanol–water partition coefficient (Wildman–Crippen LogP) is 5.02. The second-order valence-corrected chi connectivity index (χ2v) is 9.22. The lowest BCUT2D eigenvalue weighted by atomic mass is 9.84. The van der Waals surface area contributed by atoms with Crippen molar-refractivity contribution in [1.29, 1.82) is 0 Å². The molecule has 2 aliphatic heterocycles. The highest BCUT2D eigenvalue weighted by molar-refractivity contribution is 5.95. The molecule has 37 heavy (non-hydrogen) atoms. The van der Waals surface area contributed by atoms with Crippen LogP contribution in [-0.4, -0.2) is 77.1 Å². The highest BCUT2D eigenvalue weighted by Crippen LogP contribution is 2.37. The molecule has 2 aliphatic rings. The van der Waals surface area contributed by atoms with Gasteiger partial charge in [-0.15, -0.1) is 0 Å². The van der Waals surface area contributed by atoms with E-state index in [1.807, 2.05) is 30.3 Å². The number of hydrogen-bond acceptors (Lipinski definition) is 3. The van der Waals surface area contributed by atoms with Gasteiger partial charge in [-0.05, 0) is 30.2 Å². The van der Waals surface area contributed by atoms with Gasteiger partial charge in [-0.1, -0.05) is 30.3 Å². The van der Waals surface area contributed by atoms with Crippen LogP contribution >= 0.6 is 0 Å². The van der Waals surface area contributed by atoms with Gasteiger partial charge in [0.2, 0.25) is 0 Å². The first-order valence-electron chi connectivity index (χ1n) is 11.7. The lowest BCUT2D eigenvalue weighted by molar-refractivity contribution is -0.143. The minimum Gasteiger partial charge on any atom is -0.465 e. The average Bonchev–Trinajstić information content (AvgIpc) is 2.87. The van der Waals surface area contributed by atoms with Crippen LogP contribution in [0.2, 0.25) is 0 Å². The number of nitrogens with zero attached hydrogens (tertiary/aromatic N) is 3. The first kappa shape index (κ1) is 26.8. The van der Waals surface area contributed by atoms with Gasteiger partial charge < -0.3 is 14.9 Å². The summed E-state index contributed by atoms with van der Waals surface area (Å²) >= 11 is 0. The lowest BCUT2D eigenvalue weighted by Crippen LogP contribution is -2.57. The molecule has 0 unspecified atom stereocenters. The minimum atomic E-state index is -5.05. The summed E-state index contributed by atoms with van der Waals surface area (Å²) in [5.74, 6) is -1.16. The van der Waals surface area contributed by atoms with E-state index in [0.717, 1.165) is 5.56 Å². The smallest absolute Gasteiger partial charge is 0.416 e. The fraction of sp³-hybridized carbons (Fsp3) is 0.440. The van der Waals surface area contributed by atoms with Crippen LogP contribution in [0, 0.1) is 0 Å². The molecule has 1 N–H and O–H groups in total. The van der Waals surface area contributed by atoms with E-state index < -0.39 is 41.0 Å². The van der Waals surface area contributed by atoms with Gasteiger partial charge in [-0.2, -0.15) is 26.3 Å². The Morgan fingerprint density at radius 2 is 1.35 bits per heavy atom. The van der Waals surface area contributed by atoms with E-state index in [4.69, 9.17) is 0 Å². The maximum absolute atomic E-state index is 13.3. The van der Waals surface area contributed by atoms with E-state index in [1.54, 1.807) is 0 Å². The van der Waals surface area contributed by atoms with Crippen LogP contribution in [0.5, 0.6) is 0 Å². The van der Waals surface area contributed by atoms with Gasteiger partial charge in [-0.3, -0.25) is 9.69 Å². The Morgan fingerprint density at radius 1 is 0.784 bits per heavy atom. The Labute approximate surface area is 209 Å². The molecule has 4 rings (SSSR count). The number of alkyl halides is 6. The van der Waals surface area contributed by atoms with Gasteiger partial charge in [0.1, 0.15) is 0 Å². The molecule has 0 aromatic heterocycles. The Hall–Kier alpha value is -3.28. The number of benzene rings is 2. The molecular formula is C25H25F6N3O3. The van der Waals surface area contributed by atoms with E-state index in [-0.39, 0.29) is 31.1 Å². The van der Waals surface area contributed by atoms with Crippen molar-refractivity contribution in [2.75, 3.05) is 39.3 Å². The van der Waals surface area contributed by atoms with Gasteiger partial charge >= 0.3 is 18.4 Å². The van der Waals surface area contributed by atoms with Crippen LogP contribution in [0.4, 0.5) is 31.1 Å². The zero-order chi connectivity index (χ0) is 27.0. The van der Waals surface area contributed by atoms with Crippen LogP contribution in [0.3, 0.4) is 0 Å². The number of carbonyl (C=O) groups is 2. The summed E-state index contributed by atoms with van der Waals surface area (Å²) < 4.78 is 79.9. The Kier molecular flexibility index (Phi) is 7.40. The van der Waals surface area contributed by atoms with Crippen molar-refractivity contribution in [2.24, 2.45) is 0 Å². The van der Waals surface area contributed by atoms with Crippen molar-refractivity contribution in [3.8, 4) is 0 Å². The summed E-state index contributed by atoms with van der Waals surface area (Å²) in [5.41, 5.74) is -2.85. The Balaban J connectivity index is 1.61. The number of hydrogen-bond donors (Lipinski definition) is 1. The fourth-order valence-electron chi connectivity index (χ4n) is 5.09. The van der Waals surface area contributed by atoms with Gasteiger partial charge in [0.15, 0.2) is 0 Å². The van der Waals surface area contributed by atoms with Crippen LogP contribution in [0.25, 0.3) is 0 Å². The van der Waals surface area contributed by atoms with Crippen LogP contribution < -0.4 is 0 Å². The monoisotopic (exact) mass is 529 g/mol. The first-order valence-corrected chi connectivity index (χ1v) is 11.7. The highest BCUT2D eigenvalue weighted by atomic mass is 19.4. The first-order chi connectivity index (χ1) is 17.3. The molecule has 2 atom stereocenters. The van der Waals surface area contributed by atoms with Crippen molar-refractivity contribution in [3.63, 3.8) is 0 Å². The SMILES string of the molecule is O=C(O)N1CCN([C@H]2CCN(C(=O)c3cc(C(F)(F)F)cc(C(F)(F)F)c3)C[C@H]2c2ccccc2)CC1. The van der Waals surface area contributed by atoms with Gasteiger partial charge in [0.25, 0.3) is 5.91 Å². The second-order valence-electron chi connectivity index (χ2n) is 9.22. The molecule has 0 aliphatic carbocycles. The van der Waals surface area contributed by atoms with E-state index in [9.17, 15) is 41.0 Å². The summed E-state index contributed by atoms with van der Waals surface area (Å²) in [7, 11) is 0. The molecule has 0 radical (unpaired) electrons. The number of halogens is 6. The number of likely N-dealkylation sites (tertiary alicyclic amines) is 1. The summed E-state index contributed by atoms with van der Waals surface area (Å²) in [5, 5.41) is 9.23. The normalized spacial score (nSPS) is 21.7. The molecule has 2 aromatic rings. The molecule has 12 heteroatoms. The fourth-order valence-corrected chi connectivity index (χ4v) is 5.09. The third-order valence-electron chi connectivity index (χ3n) is 6.98. The zero-order valence-corrected chi connectivity index (χ0v) is 19.6. The molecule has 0 saturated carbocycles. The number of carbonyl (C=O) groups excluding carboxylic acids is 1. The summed E-state index contributed by atoms with van der Waals surface area (Å²) in [4.78, 5) is 29.3. The van der Waals surface area contributed by atoms with Crippen LogP contribution in [0.1, 0.15) is 39.4 Å². The Morgan fingerprint density at radius 3 is 1.86 bits per heavy atom. The van der Waals surface area contributed by atoms with Crippen molar-refractivity contribution in [1.82, 2.24) is 14.7 Å². The number of piperidine rings is 1. The molecule has 2 fully saturated rings. The maximum Gasteiger partial charge on any atom is 0.416 e. The van der Waals surface area contributed by atoms with Crippen LogP contribution in [-0.2, 0) is 12.4 Å². The van der Waals surface area contributed by atoms with Crippen molar-refractivity contribution in [2.45, 2.75) is 30.7 Å². The molecule has 2 saturated heterocycles. The van der Waals surface area contributed by atoms with E-state index >= 15 is 0 Å². The van der Waals surface area contributed by atoms with Gasteiger partial charge in [-0.25, -0.2) is 4.79 Å². The quantitative estimate of drug-likeness (QED) is 0.568. The third kappa shape index (κ3) is 6.00. The van der Waals surface area contributed by atoms with Gasteiger partial charge in [0, 0.05) is 56.8 Å². The van der Waals surface area contributed by atoms with Crippen molar-refractivity contribution >= 4 is 12.0 Å². The molecule has 6 nitrogen and oxygen atoms in total. The van der Waals surface area contributed by atoms with Crippen molar-refractivity contribution < 1.29 is 41.0 Å². The van der Waals surface area contributed by atoms with Gasteiger partial charge in [0.05, 0.1) is 11.1 Å². The number of carboxylic acid groups (broad SMARTS) is 1. The van der Waals surface area contributed by atoms with Crippen molar-refractivity contribution in [3.05, 3.63) is 70.8 Å². The third-order valence-corrected chi connectivity index (χ3v) is 6.98. The minimum absolute atomic E-state index is 0.00650. The molecular weight excluding hydrogens is 504 g/mol. The molecule has 0 spiro atoms. The van der Waals surface area contributed by atoms with E-state index in [0.29, 0.717) is 44.7 Å². The number of piperazine rings is 1. The Bertz CT molecular complexity index is 1100. The summed E-state index contributed by atoms with van der Waals surface area (Å²) in [6.45, 7) is 1.85. The molecule has 2 heterocycles. The second kappa shape index (κ2) is 10.2. The maximum atomic E-state index is 13.3. The molecule has 2 amide bonds. The molecule has 0 bridgehead atoms. The summed E-state index contributed by atoms with van der Waals surface area (Å²) in [6, 6.07) is 10.0. The molecule has 2 aromatic carbocycles. The zero-order valence-electron chi connectivity index (χ0n) is 19.6.